The molecule has 1 aromatic rings. The molecular weight excluding hydrogens is 283 g/mol. The standard InChI is InChI=1S/C13H17FN2O3S/c14-11-3-1-2-10(8-11)4-6-15-13(17)16-12-5-7-20(18,19)9-12/h1-3,8,12H,4-7,9H2,(H2,15,16,17)/t12-/m0/s1. The highest BCUT2D eigenvalue weighted by Gasteiger charge is 2.28. The first-order valence-corrected chi connectivity index (χ1v) is 8.26. The molecule has 1 saturated heterocycles. The van der Waals surface area contributed by atoms with Crippen LogP contribution in [0.3, 0.4) is 0 Å². The predicted octanol–water partition coefficient (Wildman–Crippen LogP) is 0.855. The molecule has 1 fully saturated rings. The van der Waals surface area contributed by atoms with E-state index >= 15 is 0 Å². The Kier molecular flexibility index (Phi) is 4.59. The smallest absolute Gasteiger partial charge is 0.315 e. The molecule has 7 heteroatoms. The van der Waals surface area contributed by atoms with Gasteiger partial charge in [-0.3, -0.25) is 0 Å². The van der Waals surface area contributed by atoms with Crippen molar-refractivity contribution in [3.8, 4) is 0 Å². The number of benzene rings is 1. The van der Waals surface area contributed by atoms with Gasteiger partial charge in [-0.25, -0.2) is 17.6 Å². The second-order valence-electron chi connectivity index (χ2n) is 4.88. The number of sulfone groups is 1. The van der Waals surface area contributed by atoms with E-state index in [-0.39, 0.29) is 29.4 Å². The van der Waals surface area contributed by atoms with Crippen LogP contribution in [0.1, 0.15) is 12.0 Å². The van der Waals surface area contributed by atoms with Crippen molar-refractivity contribution in [3.63, 3.8) is 0 Å². The van der Waals surface area contributed by atoms with E-state index in [9.17, 15) is 17.6 Å². The molecule has 1 heterocycles. The zero-order chi connectivity index (χ0) is 14.6. The molecule has 0 aliphatic carbocycles. The lowest BCUT2D eigenvalue weighted by Crippen LogP contribution is -2.43. The second-order valence-corrected chi connectivity index (χ2v) is 7.11. The number of carbonyl (C=O) groups is 1. The van der Waals surface area contributed by atoms with Gasteiger partial charge in [-0.05, 0) is 30.5 Å². The van der Waals surface area contributed by atoms with Gasteiger partial charge in [0.2, 0.25) is 0 Å². The minimum atomic E-state index is -2.99. The van der Waals surface area contributed by atoms with Crippen molar-refractivity contribution in [3.05, 3.63) is 35.6 Å². The number of nitrogens with one attached hydrogen (secondary N) is 2. The number of hydrogen-bond acceptors (Lipinski definition) is 3. The van der Waals surface area contributed by atoms with Crippen LogP contribution in [0, 0.1) is 5.82 Å². The summed E-state index contributed by atoms with van der Waals surface area (Å²) in [7, 11) is -2.99. The molecule has 1 aliphatic heterocycles. The molecule has 0 unspecified atom stereocenters. The Bertz CT molecular complexity index is 589. The van der Waals surface area contributed by atoms with Crippen LogP contribution in [0.15, 0.2) is 24.3 Å². The third-order valence-electron chi connectivity index (χ3n) is 3.16. The monoisotopic (exact) mass is 300 g/mol. The Morgan fingerprint density at radius 1 is 1.40 bits per heavy atom. The van der Waals surface area contributed by atoms with Gasteiger partial charge in [-0.1, -0.05) is 12.1 Å². The maximum atomic E-state index is 12.9. The summed E-state index contributed by atoms with van der Waals surface area (Å²) in [5.74, 6) is -0.172. The van der Waals surface area contributed by atoms with E-state index in [0.717, 1.165) is 5.56 Å². The van der Waals surface area contributed by atoms with Crippen LogP contribution < -0.4 is 10.6 Å². The molecule has 2 amide bonds. The summed E-state index contributed by atoms with van der Waals surface area (Å²) in [5.41, 5.74) is 0.800. The number of carbonyl (C=O) groups excluding carboxylic acids is 1. The van der Waals surface area contributed by atoms with Crippen molar-refractivity contribution in [2.75, 3.05) is 18.1 Å². The zero-order valence-corrected chi connectivity index (χ0v) is 11.7. The molecule has 0 spiro atoms. The van der Waals surface area contributed by atoms with E-state index in [1.54, 1.807) is 12.1 Å². The number of halogens is 1. The summed E-state index contributed by atoms with van der Waals surface area (Å²) in [6.45, 7) is 0.370. The summed E-state index contributed by atoms with van der Waals surface area (Å²) < 4.78 is 35.4. The van der Waals surface area contributed by atoms with Crippen LogP contribution in [-0.2, 0) is 16.3 Å². The van der Waals surface area contributed by atoms with Gasteiger partial charge in [0.1, 0.15) is 5.82 Å². The molecule has 1 aliphatic rings. The Labute approximate surface area is 117 Å². The molecule has 0 saturated carbocycles. The van der Waals surface area contributed by atoms with E-state index < -0.39 is 9.84 Å². The molecule has 0 radical (unpaired) electrons. The van der Waals surface area contributed by atoms with Crippen LogP contribution in [0.4, 0.5) is 9.18 Å². The molecule has 1 aromatic carbocycles. The summed E-state index contributed by atoms with van der Waals surface area (Å²) in [6.07, 6.45) is 0.980. The molecule has 5 nitrogen and oxygen atoms in total. The minimum Gasteiger partial charge on any atom is -0.338 e. The zero-order valence-electron chi connectivity index (χ0n) is 10.9. The van der Waals surface area contributed by atoms with E-state index in [2.05, 4.69) is 10.6 Å². The molecule has 20 heavy (non-hydrogen) atoms. The van der Waals surface area contributed by atoms with Crippen molar-refractivity contribution in [1.29, 1.82) is 0 Å². The topological polar surface area (TPSA) is 75.3 Å². The molecule has 110 valence electrons. The number of amides is 2. The Morgan fingerprint density at radius 2 is 2.20 bits per heavy atom. The predicted molar refractivity (Wildman–Crippen MR) is 73.7 cm³/mol. The third-order valence-corrected chi connectivity index (χ3v) is 4.92. The van der Waals surface area contributed by atoms with Crippen LogP contribution in [0.5, 0.6) is 0 Å². The van der Waals surface area contributed by atoms with E-state index in [1.807, 2.05) is 0 Å². The SMILES string of the molecule is O=C(NCCc1cccc(F)c1)N[C@H]1CCS(=O)(=O)C1. The van der Waals surface area contributed by atoms with Crippen LogP contribution in [-0.4, -0.2) is 38.5 Å². The highest BCUT2D eigenvalue weighted by Crippen LogP contribution is 2.10. The summed E-state index contributed by atoms with van der Waals surface area (Å²) in [5, 5.41) is 5.27. The number of hydrogen-bond donors (Lipinski definition) is 2. The largest absolute Gasteiger partial charge is 0.338 e. The fourth-order valence-electron chi connectivity index (χ4n) is 2.16. The van der Waals surface area contributed by atoms with Crippen molar-refractivity contribution in [2.45, 2.75) is 18.9 Å². The van der Waals surface area contributed by atoms with Crippen molar-refractivity contribution >= 4 is 15.9 Å². The average molecular weight is 300 g/mol. The third kappa shape index (κ3) is 4.48. The Hall–Kier alpha value is -1.63. The van der Waals surface area contributed by atoms with Gasteiger partial charge < -0.3 is 10.6 Å². The quantitative estimate of drug-likeness (QED) is 0.866. The fourth-order valence-corrected chi connectivity index (χ4v) is 3.83. The average Bonchev–Trinajstić information content (AvgIpc) is 2.68. The first kappa shape index (κ1) is 14.8. The van der Waals surface area contributed by atoms with E-state index in [0.29, 0.717) is 19.4 Å². The molecule has 2 rings (SSSR count). The van der Waals surface area contributed by atoms with E-state index in [4.69, 9.17) is 0 Å². The minimum absolute atomic E-state index is 0.00428. The highest BCUT2D eigenvalue weighted by molar-refractivity contribution is 7.91. The lowest BCUT2D eigenvalue weighted by molar-refractivity contribution is 0.238. The normalized spacial score (nSPS) is 20.6. The van der Waals surface area contributed by atoms with Gasteiger partial charge in [0.15, 0.2) is 9.84 Å². The Balaban J connectivity index is 1.71. The molecular formula is C13H17FN2O3S. The van der Waals surface area contributed by atoms with Crippen LogP contribution >= 0.6 is 0 Å². The fraction of sp³-hybridized carbons (Fsp3) is 0.462. The van der Waals surface area contributed by atoms with Crippen LogP contribution in [0.25, 0.3) is 0 Å². The first-order valence-electron chi connectivity index (χ1n) is 6.44. The summed E-state index contributed by atoms with van der Waals surface area (Å²) in [6, 6.07) is 5.49. The van der Waals surface area contributed by atoms with Gasteiger partial charge in [0, 0.05) is 12.6 Å². The highest BCUT2D eigenvalue weighted by atomic mass is 32.2. The molecule has 2 N–H and O–H groups in total. The second kappa shape index (κ2) is 6.21. The number of rotatable bonds is 4. The van der Waals surface area contributed by atoms with Gasteiger partial charge in [-0.2, -0.15) is 0 Å². The van der Waals surface area contributed by atoms with Crippen molar-refractivity contribution < 1.29 is 17.6 Å². The van der Waals surface area contributed by atoms with Gasteiger partial charge in [-0.15, -0.1) is 0 Å². The molecule has 1 atom stereocenters. The van der Waals surface area contributed by atoms with E-state index in [1.165, 1.54) is 12.1 Å². The molecule has 0 aromatic heterocycles. The maximum Gasteiger partial charge on any atom is 0.315 e. The van der Waals surface area contributed by atoms with Gasteiger partial charge in [0.05, 0.1) is 11.5 Å². The number of urea groups is 1. The molecule has 0 bridgehead atoms. The lowest BCUT2D eigenvalue weighted by atomic mass is 10.1. The van der Waals surface area contributed by atoms with Gasteiger partial charge in [0.25, 0.3) is 0 Å². The van der Waals surface area contributed by atoms with Crippen molar-refractivity contribution in [2.24, 2.45) is 0 Å². The van der Waals surface area contributed by atoms with Crippen molar-refractivity contribution in [1.82, 2.24) is 10.6 Å². The lowest BCUT2D eigenvalue weighted by Gasteiger charge is -2.12. The van der Waals surface area contributed by atoms with Gasteiger partial charge >= 0.3 is 6.03 Å². The Morgan fingerprint density at radius 3 is 2.85 bits per heavy atom. The van der Waals surface area contributed by atoms with Crippen LogP contribution in [0.2, 0.25) is 0 Å². The first-order chi connectivity index (χ1) is 9.44. The summed E-state index contributed by atoms with van der Waals surface area (Å²) in [4.78, 5) is 11.6. The maximum absolute atomic E-state index is 12.9. The summed E-state index contributed by atoms with van der Waals surface area (Å²) >= 11 is 0.